The summed E-state index contributed by atoms with van der Waals surface area (Å²) in [7, 11) is 0. The summed E-state index contributed by atoms with van der Waals surface area (Å²) >= 11 is 0. The second-order valence-electron chi connectivity index (χ2n) is 8.52. The van der Waals surface area contributed by atoms with Crippen molar-refractivity contribution < 1.29 is 19.2 Å². The van der Waals surface area contributed by atoms with E-state index in [0.29, 0.717) is 47.8 Å². The van der Waals surface area contributed by atoms with Crippen LogP contribution in [-0.2, 0) is 0 Å². The zero-order valence-corrected chi connectivity index (χ0v) is 18.2. The fourth-order valence-corrected chi connectivity index (χ4v) is 4.22. The molecular weight excluding hydrogens is 408 g/mol. The number of likely N-dealkylation sites (tertiary alicyclic amines) is 1. The van der Waals surface area contributed by atoms with Gasteiger partial charge in [0.05, 0.1) is 16.7 Å². The van der Waals surface area contributed by atoms with Crippen LogP contribution in [0.2, 0.25) is 0 Å². The van der Waals surface area contributed by atoms with Gasteiger partial charge < -0.3 is 10.2 Å². The van der Waals surface area contributed by atoms with Crippen molar-refractivity contribution in [3.8, 4) is 0 Å². The number of nitrogens with zero attached hydrogens (tertiary/aromatic N) is 3. The summed E-state index contributed by atoms with van der Waals surface area (Å²) in [5.74, 6) is -0.664. The zero-order valence-electron chi connectivity index (χ0n) is 18.2. The lowest BCUT2D eigenvalue weighted by Gasteiger charge is -2.32. The van der Waals surface area contributed by atoms with Crippen LogP contribution in [0.1, 0.15) is 68.1 Å². The van der Waals surface area contributed by atoms with E-state index >= 15 is 0 Å². The second kappa shape index (κ2) is 8.90. The van der Waals surface area contributed by atoms with E-state index in [-0.39, 0.29) is 29.7 Å². The number of carbonyl (C=O) groups excluding carboxylic acids is 4. The topological polar surface area (TPSA) is 99.7 Å². The summed E-state index contributed by atoms with van der Waals surface area (Å²) in [4.78, 5) is 57.2. The highest BCUT2D eigenvalue weighted by Gasteiger charge is 2.37. The minimum absolute atomic E-state index is 0.145. The van der Waals surface area contributed by atoms with E-state index in [9.17, 15) is 19.2 Å². The molecule has 32 heavy (non-hydrogen) atoms. The Morgan fingerprint density at radius 1 is 1.06 bits per heavy atom. The number of hydrogen-bond donors (Lipinski definition) is 1. The fourth-order valence-electron chi connectivity index (χ4n) is 4.22. The van der Waals surface area contributed by atoms with Crippen molar-refractivity contribution >= 4 is 23.6 Å². The van der Waals surface area contributed by atoms with Gasteiger partial charge in [0.2, 0.25) is 0 Å². The molecule has 8 nitrogen and oxygen atoms in total. The predicted octanol–water partition coefficient (Wildman–Crippen LogP) is 2.37. The van der Waals surface area contributed by atoms with Crippen molar-refractivity contribution in [2.24, 2.45) is 5.92 Å². The van der Waals surface area contributed by atoms with E-state index in [1.807, 2.05) is 0 Å². The predicted molar refractivity (Wildman–Crippen MR) is 117 cm³/mol. The number of fused-ring (bicyclic) bond motifs is 1. The molecule has 0 aliphatic carbocycles. The molecule has 1 saturated heterocycles. The van der Waals surface area contributed by atoms with E-state index in [1.165, 1.54) is 11.1 Å². The highest BCUT2D eigenvalue weighted by atomic mass is 16.2. The third-order valence-electron chi connectivity index (χ3n) is 6.06. The number of rotatable bonds is 5. The third kappa shape index (κ3) is 4.12. The molecule has 2 aliphatic rings. The van der Waals surface area contributed by atoms with Gasteiger partial charge in [-0.15, -0.1) is 0 Å². The van der Waals surface area contributed by atoms with E-state index in [4.69, 9.17) is 0 Å². The molecule has 0 atom stereocenters. The maximum Gasteiger partial charge on any atom is 0.261 e. The van der Waals surface area contributed by atoms with Gasteiger partial charge in [-0.1, -0.05) is 0 Å². The van der Waals surface area contributed by atoms with Crippen molar-refractivity contribution in [1.82, 2.24) is 20.1 Å². The minimum Gasteiger partial charge on any atom is -0.352 e. The Bertz CT molecular complexity index is 1060. The molecule has 8 heteroatoms. The first-order valence-electron chi connectivity index (χ1n) is 10.9. The average Bonchev–Trinajstić information content (AvgIpc) is 3.07. The molecular formula is C24H26N4O4. The van der Waals surface area contributed by atoms with Crippen molar-refractivity contribution in [3.63, 3.8) is 0 Å². The number of aromatic nitrogens is 1. The van der Waals surface area contributed by atoms with Crippen molar-refractivity contribution in [3.05, 3.63) is 65.0 Å². The first-order chi connectivity index (χ1) is 15.4. The van der Waals surface area contributed by atoms with Crippen LogP contribution in [0.4, 0.5) is 0 Å². The van der Waals surface area contributed by atoms with E-state index in [1.54, 1.807) is 55.3 Å². The molecule has 4 rings (SSSR count). The molecule has 1 N–H and O–H groups in total. The minimum atomic E-state index is -0.349. The number of carbonyl (C=O) groups is 4. The molecule has 1 aromatic carbocycles. The molecule has 3 heterocycles. The number of piperidine rings is 1. The number of amides is 4. The lowest BCUT2D eigenvalue weighted by Crippen LogP contribution is -2.41. The molecule has 0 unspecified atom stereocenters. The van der Waals surface area contributed by atoms with Crippen LogP contribution in [0, 0.1) is 5.92 Å². The second-order valence-corrected chi connectivity index (χ2v) is 8.52. The molecule has 0 spiro atoms. The smallest absolute Gasteiger partial charge is 0.261 e. The highest BCUT2D eigenvalue weighted by Crippen LogP contribution is 2.27. The van der Waals surface area contributed by atoms with E-state index in [2.05, 4.69) is 10.3 Å². The Morgan fingerprint density at radius 3 is 2.44 bits per heavy atom. The van der Waals surface area contributed by atoms with Crippen LogP contribution in [-0.4, -0.2) is 64.1 Å². The standard InChI is InChI=1S/C24H26N4O4/c1-15(2)28-23(31)19-6-5-17(12-20(19)24(28)32)22(30)27-10-7-16(8-11-27)13-26-21(29)18-4-3-9-25-14-18/h3-6,9,12,14-16H,7-8,10-11,13H2,1-2H3,(H,26,29). The monoisotopic (exact) mass is 434 g/mol. The maximum atomic E-state index is 13.0. The lowest BCUT2D eigenvalue weighted by atomic mass is 9.95. The van der Waals surface area contributed by atoms with Gasteiger partial charge in [-0.25, -0.2) is 0 Å². The van der Waals surface area contributed by atoms with Gasteiger partial charge in [-0.3, -0.25) is 29.1 Å². The van der Waals surface area contributed by atoms with E-state index < -0.39 is 0 Å². The highest BCUT2D eigenvalue weighted by molar-refractivity contribution is 6.22. The Hall–Kier alpha value is -3.55. The number of imide groups is 1. The van der Waals surface area contributed by atoms with Crippen molar-refractivity contribution in [2.75, 3.05) is 19.6 Å². The average molecular weight is 434 g/mol. The number of pyridine rings is 1. The Balaban J connectivity index is 1.34. The SMILES string of the molecule is CC(C)N1C(=O)c2ccc(C(=O)N3CCC(CNC(=O)c4cccnc4)CC3)cc2C1=O. The number of benzene rings is 1. The summed E-state index contributed by atoms with van der Waals surface area (Å²) in [6, 6.07) is 7.95. The van der Waals surface area contributed by atoms with Crippen molar-refractivity contribution in [1.29, 1.82) is 0 Å². The van der Waals surface area contributed by atoms with Gasteiger partial charge >= 0.3 is 0 Å². The van der Waals surface area contributed by atoms with Gasteiger partial charge in [-0.05, 0) is 62.9 Å². The van der Waals surface area contributed by atoms with Crippen LogP contribution in [0.5, 0.6) is 0 Å². The zero-order chi connectivity index (χ0) is 22.8. The van der Waals surface area contributed by atoms with Gasteiger partial charge in [0, 0.05) is 43.6 Å². The molecule has 0 bridgehead atoms. The summed E-state index contributed by atoms with van der Waals surface area (Å²) in [5, 5.41) is 2.94. The van der Waals surface area contributed by atoms with Gasteiger partial charge in [0.15, 0.2) is 0 Å². The third-order valence-corrected chi connectivity index (χ3v) is 6.06. The molecule has 2 aliphatic heterocycles. The first-order valence-corrected chi connectivity index (χ1v) is 10.9. The Labute approximate surface area is 186 Å². The normalized spacial score (nSPS) is 16.5. The van der Waals surface area contributed by atoms with Crippen LogP contribution < -0.4 is 5.32 Å². The van der Waals surface area contributed by atoms with Crippen LogP contribution in [0.3, 0.4) is 0 Å². The first kappa shape index (κ1) is 21.7. The van der Waals surface area contributed by atoms with Gasteiger partial charge in [0.25, 0.3) is 23.6 Å². The van der Waals surface area contributed by atoms with Gasteiger partial charge in [0.1, 0.15) is 0 Å². The van der Waals surface area contributed by atoms with Gasteiger partial charge in [-0.2, -0.15) is 0 Å². The molecule has 4 amide bonds. The fraction of sp³-hybridized carbons (Fsp3) is 0.375. The molecule has 0 radical (unpaired) electrons. The van der Waals surface area contributed by atoms with Crippen LogP contribution in [0.15, 0.2) is 42.7 Å². The molecule has 2 aromatic rings. The van der Waals surface area contributed by atoms with E-state index in [0.717, 1.165) is 12.8 Å². The maximum absolute atomic E-state index is 13.0. The summed E-state index contributed by atoms with van der Waals surface area (Å²) in [6.07, 6.45) is 4.72. The Kier molecular flexibility index (Phi) is 6.03. The molecule has 166 valence electrons. The molecule has 1 fully saturated rings. The quantitative estimate of drug-likeness (QED) is 0.729. The van der Waals surface area contributed by atoms with Crippen LogP contribution >= 0.6 is 0 Å². The summed E-state index contributed by atoms with van der Waals surface area (Å²) in [6.45, 7) is 5.28. The largest absolute Gasteiger partial charge is 0.352 e. The number of nitrogens with one attached hydrogen (secondary N) is 1. The molecule has 0 saturated carbocycles. The summed E-state index contributed by atoms with van der Waals surface area (Å²) < 4.78 is 0. The Morgan fingerprint density at radius 2 is 1.78 bits per heavy atom. The van der Waals surface area contributed by atoms with Crippen molar-refractivity contribution in [2.45, 2.75) is 32.7 Å². The van der Waals surface area contributed by atoms with Crippen LogP contribution in [0.25, 0.3) is 0 Å². The summed E-state index contributed by atoms with van der Waals surface area (Å²) in [5.41, 5.74) is 1.59. The lowest BCUT2D eigenvalue weighted by molar-refractivity contribution is 0.0608. The number of hydrogen-bond acceptors (Lipinski definition) is 5. The molecule has 1 aromatic heterocycles.